The van der Waals surface area contributed by atoms with E-state index in [1.807, 2.05) is 54.6 Å². The second-order valence-electron chi connectivity index (χ2n) is 4.18. The molecule has 2 heterocycles. The van der Waals surface area contributed by atoms with Crippen LogP contribution in [0.3, 0.4) is 0 Å². The van der Waals surface area contributed by atoms with Crippen molar-refractivity contribution >= 4 is 0 Å². The van der Waals surface area contributed by atoms with E-state index in [2.05, 4.69) is 9.97 Å². The number of nitrogens with one attached hydrogen (secondary N) is 1. The fourth-order valence-corrected chi connectivity index (χ4v) is 2.10. The van der Waals surface area contributed by atoms with Crippen LogP contribution in [0.5, 0.6) is 0 Å². The minimum absolute atomic E-state index is 0.125. The van der Waals surface area contributed by atoms with E-state index in [-0.39, 0.29) is 5.56 Å². The first-order valence-electron chi connectivity index (χ1n) is 6.05. The summed E-state index contributed by atoms with van der Waals surface area (Å²) in [6, 6.07) is 17.3. The maximum atomic E-state index is 12.1. The van der Waals surface area contributed by atoms with Crippen LogP contribution in [0.25, 0.3) is 22.4 Å². The molecule has 0 fully saturated rings. The Kier molecular flexibility index (Phi) is 2.94. The number of aromatic nitrogens is 2. The highest BCUT2D eigenvalue weighted by molar-refractivity contribution is 5.80. The Morgan fingerprint density at radius 3 is 2.42 bits per heavy atom. The van der Waals surface area contributed by atoms with E-state index < -0.39 is 0 Å². The molecule has 0 amide bonds. The molecule has 2 aromatic heterocycles. The summed E-state index contributed by atoms with van der Waals surface area (Å²) in [6.07, 6.45) is 3.35. The maximum Gasteiger partial charge on any atom is 0.258 e. The molecular weight excluding hydrogens is 236 g/mol. The van der Waals surface area contributed by atoms with E-state index in [0.717, 1.165) is 11.1 Å². The van der Waals surface area contributed by atoms with Crippen LogP contribution in [0, 0.1) is 0 Å². The first kappa shape index (κ1) is 11.4. The van der Waals surface area contributed by atoms with Crippen molar-refractivity contribution in [3.8, 4) is 22.4 Å². The van der Waals surface area contributed by atoms with Crippen molar-refractivity contribution in [1.29, 1.82) is 0 Å². The van der Waals surface area contributed by atoms with Gasteiger partial charge in [0.15, 0.2) is 0 Å². The lowest BCUT2D eigenvalue weighted by Crippen LogP contribution is -2.10. The third kappa shape index (κ3) is 2.18. The molecule has 0 spiro atoms. The van der Waals surface area contributed by atoms with Crippen molar-refractivity contribution in [3.63, 3.8) is 0 Å². The largest absolute Gasteiger partial charge is 0.328 e. The van der Waals surface area contributed by atoms with E-state index in [0.29, 0.717) is 11.3 Å². The summed E-state index contributed by atoms with van der Waals surface area (Å²) in [7, 11) is 0. The number of pyridine rings is 2. The molecule has 0 aliphatic rings. The molecule has 0 aliphatic heterocycles. The average Bonchev–Trinajstić information content (AvgIpc) is 2.49. The lowest BCUT2D eigenvalue weighted by Gasteiger charge is -2.07. The molecule has 0 aliphatic carbocycles. The molecule has 3 heteroatoms. The van der Waals surface area contributed by atoms with Crippen LogP contribution < -0.4 is 5.56 Å². The van der Waals surface area contributed by atoms with Gasteiger partial charge in [0.2, 0.25) is 0 Å². The number of hydrogen-bond acceptors (Lipinski definition) is 2. The smallest absolute Gasteiger partial charge is 0.258 e. The van der Waals surface area contributed by atoms with Gasteiger partial charge in [0.05, 0.1) is 11.3 Å². The minimum atomic E-state index is -0.125. The molecule has 0 saturated heterocycles. The van der Waals surface area contributed by atoms with Crippen molar-refractivity contribution in [2.75, 3.05) is 0 Å². The number of aromatic amines is 1. The van der Waals surface area contributed by atoms with Gasteiger partial charge in [0.25, 0.3) is 5.56 Å². The Morgan fingerprint density at radius 2 is 1.68 bits per heavy atom. The Bertz CT molecular complexity index is 733. The van der Waals surface area contributed by atoms with Crippen molar-refractivity contribution in [1.82, 2.24) is 9.97 Å². The van der Waals surface area contributed by atoms with Crippen LogP contribution in [-0.4, -0.2) is 9.97 Å². The van der Waals surface area contributed by atoms with Gasteiger partial charge in [-0.1, -0.05) is 36.4 Å². The Labute approximate surface area is 110 Å². The third-order valence-electron chi connectivity index (χ3n) is 2.97. The van der Waals surface area contributed by atoms with Gasteiger partial charge in [-0.2, -0.15) is 0 Å². The van der Waals surface area contributed by atoms with Gasteiger partial charge in [-0.25, -0.2) is 0 Å². The number of hydrogen-bond donors (Lipinski definition) is 1. The molecule has 1 N–H and O–H groups in total. The predicted octanol–water partition coefficient (Wildman–Crippen LogP) is 3.10. The summed E-state index contributed by atoms with van der Waals surface area (Å²) in [5.41, 5.74) is 3.06. The van der Waals surface area contributed by atoms with E-state index in [1.165, 1.54) is 0 Å². The van der Waals surface area contributed by atoms with Crippen molar-refractivity contribution in [2.45, 2.75) is 0 Å². The summed E-state index contributed by atoms with van der Waals surface area (Å²) < 4.78 is 0. The van der Waals surface area contributed by atoms with Gasteiger partial charge in [0, 0.05) is 12.4 Å². The first-order valence-corrected chi connectivity index (χ1v) is 6.05. The molecule has 3 rings (SSSR count). The van der Waals surface area contributed by atoms with Crippen LogP contribution >= 0.6 is 0 Å². The van der Waals surface area contributed by atoms with E-state index in [1.54, 1.807) is 12.4 Å². The van der Waals surface area contributed by atoms with Gasteiger partial charge in [-0.05, 0) is 29.3 Å². The van der Waals surface area contributed by atoms with E-state index >= 15 is 0 Å². The van der Waals surface area contributed by atoms with Crippen LogP contribution in [-0.2, 0) is 0 Å². The molecular formula is C16H12N2O. The number of H-pyrrole nitrogens is 1. The molecule has 0 unspecified atom stereocenters. The highest BCUT2D eigenvalue weighted by atomic mass is 16.1. The number of rotatable bonds is 2. The molecule has 19 heavy (non-hydrogen) atoms. The quantitative estimate of drug-likeness (QED) is 0.757. The van der Waals surface area contributed by atoms with Crippen molar-refractivity contribution < 1.29 is 0 Å². The van der Waals surface area contributed by atoms with Gasteiger partial charge in [0.1, 0.15) is 0 Å². The monoisotopic (exact) mass is 248 g/mol. The van der Waals surface area contributed by atoms with Crippen molar-refractivity contribution in [2.24, 2.45) is 0 Å². The Morgan fingerprint density at radius 1 is 0.895 bits per heavy atom. The zero-order valence-corrected chi connectivity index (χ0v) is 10.2. The summed E-state index contributed by atoms with van der Waals surface area (Å²) >= 11 is 0. The maximum absolute atomic E-state index is 12.1. The molecule has 0 bridgehead atoms. The van der Waals surface area contributed by atoms with Gasteiger partial charge in [-0.15, -0.1) is 0 Å². The second-order valence-corrected chi connectivity index (χ2v) is 4.18. The van der Waals surface area contributed by atoms with Gasteiger partial charge < -0.3 is 4.98 Å². The van der Waals surface area contributed by atoms with E-state index in [9.17, 15) is 4.79 Å². The molecule has 3 nitrogen and oxygen atoms in total. The normalized spacial score (nSPS) is 10.3. The fraction of sp³-hybridized carbons (Fsp3) is 0. The Hall–Kier alpha value is -2.68. The third-order valence-corrected chi connectivity index (χ3v) is 2.97. The molecule has 1 aromatic carbocycles. The predicted molar refractivity (Wildman–Crippen MR) is 75.7 cm³/mol. The standard InChI is InChI=1S/C16H12N2O/c19-16-15(14-8-4-5-10-17-14)13(9-11-18-16)12-6-2-1-3-7-12/h1-11H,(H,18,19). The lowest BCUT2D eigenvalue weighted by molar-refractivity contribution is 1.22. The van der Waals surface area contributed by atoms with Crippen LogP contribution in [0.1, 0.15) is 0 Å². The van der Waals surface area contributed by atoms with Crippen molar-refractivity contribution in [3.05, 3.63) is 77.3 Å². The summed E-state index contributed by atoms with van der Waals surface area (Å²) in [5.74, 6) is 0. The minimum Gasteiger partial charge on any atom is -0.328 e. The summed E-state index contributed by atoms with van der Waals surface area (Å²) in [6.45, 7) is 0. The Balaban J connectivity index is 2.28. The van der Waals surface area contributed by atoms with E-state index in [4.69, 9.17) is 0 Å². The fourth-order valence-electron chi connectivity index (χ4n) is 2.10. The first-order chi connectivity index (χ1) is 9.36. The zero-order valence-electron chi connectivity index (χ0n) is 10.2. The SMILES string of the molecule is O=c1[nH]ccc(-c2ccccc2)c1-c1ccccn1. The van der Waals surface area contributed by atoms with Crippen LogP contribution in [0.4, 0.5) is 0 Å². The van der Waals surface area contributed by atoms with Gasteiger partial charge >= 0.3 is 0 Å². The number of benzene rings is 1. The molecule has 0 saturated carbocycles. The summed E-state index contributed by atoms with van der Waals surface area (Å²) in [5, 5.41) is 0. The molecule has 92 valence electrons. The molecule has 0 radical (unpaired) electrons. The second kappa shape index (κ2) is 4.90. The average molecular weight is 248 g/mol. The highest BCUT2D eigenvalue weighted by Gasteiger charge is 2.11. The molecule has 0 atom stereocenters. The number of nitrogens with zero attached hydrogens (tertiary/aromatic N) is 1. The van der Waals surface area contributed by atoms with Gasteiger partial charge in [-0.3, -0.25) is 9.78 Å². The lowest BCUT2D eigenvalue weighted by atomic mass is 9.99. The molecule has 3 aromatic rings. The van der Waals surface area contributed by atoms with Crippen LogP contribution in [0.15, 0.2) is 71.8 Å². The topological polar surface area (TPSA) is 45.8 Å². The van der Waals surface area contributed by atoms with Crippen LogP contribution in [0.2, 0.25) is 0 Å². The zero-order chi connectivity index (χ0) is 13.1. The highest BCUT2D eigenvalue weighted by Crippen LogP contribution is 2.27. The summed E-state index contributed by atoms with van der Waals surface area (Å²) in [4.78, 5) is 19.1.